The molecule has 0 bridgehead atoms. The van der Waals surface area contributed by atoms with Crippen LogP contribution in [0.1, 0.15) is 83.1 Å². The third-order valence-electron chi connectivity index (χ3n) is 30.0. The number of hydrogen-bond acceptors (Lipinski definition) is 12. The van der Waals surface area contributed by atoms with Crippen molar-refractivity contribution in [2.24, 2.45) is 0 Å². The fourth-order valence-electron chi connectivity index (χ4n) is 20.0. The van der Waals surface area contributed by atoms with Crippen molar-refractivity contribution in [1.29, 1.82) is 0 Å². The zero-order valence-corrected chi connectivity index (χ0v) is 83.4. The number of hydrogen-bond donors (Lipinski definition) is 0. The van der Waals surface area contributed by atoms with Gasteiger partial charge < -0.3 is 27.9 Å². The van der Waals surface area contributed by atoms with Crippen molar-refractivity contribution < 1.29 is 27.9 Å². The molecule has 3 aliphatic rings. The van der Waals surface area contributed by atoms with Gasteiger partial charge in [0.05, 0.1) is 67.8 Å². The predicted molar refractivity (Wildman–Crippen MR) is 601 cm³/mol. The Labute approximate surface area is 847 Å². The normalized spacial score (nSPS) is 15.3. The van der Waals surface area contributed by atoms with E-state index in [1.54, 1.807) is 0 Å². The summed E-state index contributed by atoms with van der Waals surface area (Å²) in [7, 11) is -1.63. The minimum absolute atomic E-state index is 0.470. The largest absolute Gasteiger partial charge is 0.494 e. The second-order valence-corrected chi connectivity index (χ2v) is 41.1. The lowest BCUT2D eigenvalue weighted by molar-refractivity contribution is 0.00578. The van der Waals surface area contributed by atoms with Crippen LogP contribution in [0.2, 0.25) is 0 Å². The molecule has 3 saturated heterocycles. The molecule has 145 heavy (non-hydrogen) atoms. The van der Waals surface area contributed by atoms with Crippen LogP contribution in [-0.4, -0.2) is 84.9 Å². The van der Waals surface area contributed by atoms with Gasteiger partial charge in [-0.05, 0) is 263 Å². The minimum atomic E-state index is -0.551. The molecule has 6 heterocycles. The average molecular weight is 1880 g/mol. The molecule has 702 valence electrons. The first kappa shape index (κ1) is 92.9. The van der Waals surface area contributed by atoms with Crippen molar-refractivity contribution in [3.8, 4) is 135 Å². The molecule has 0 N–H and O–H groups in total. The van der Waals surface area contributed by atoms with E-state index in [2.05, 4.69) is 405 Å². The summed E-state index contributed by atoms with van der Waals surface area (Å²) in [4.78, 5) is 31.0. The van der Waals surface area contributed by atoms with E-state index in [9.17, 15) is 0 Å². The highest BCUT2D eigenvalue weighted by molar-refractivity contribution is 6.63. The fourth-order valence-corrected chi connectivity index (χ4v) is 20.0. The minimum Gasteiger partial charge on any atom is -0.399 e. The van der Waals surface area contributed by atoms with Gasteiger partial charge in [0.1, 0.15) is 0 Å². The molecule has 0 atom stereocenters. The zero-order valence-electron chi connectivity index (χ0n) is 83.4. The summed E-state index contributed by atoms with van der Waals surface area (Å²) in [6.07, 6.45) is 0. The van der Waals surface area contributed by atoms with Gasteiger partial charge in [-0.3, -0.25) is 0 Å². The fraction of sp³-hybridized carbons (Fsp3) is 0.138. The van der Waals surface area contributed by atoms with Gasteiger partial charge in [-0.2, -0.15) is 0 Å². The molecule has 19 aromatic carbocycles. The topological polar surface area (TPSA) is 133 Å². The number of fused-ring (bicyclic) bond motifs is 12. The van der Waals surface area contributed by atoms with Gasteiger partial charge in [0.15, 0.2) is 17.5 Å². The summed E-state index contributed by atoms with van der Waals surface area (Å²) in [5.74, 6) is 1.94. The molecule has 25 rings (SSSR count). The quantitative estimate of drug-likeness (QED) is 0.0715. The van der Waals surface area contributed by atoms with Crippen LogP contribution in [0.25, 0.3) is 210 Å². The molecule has 3 aliphatic heterocycles. The second kappa shape index (κ2) is 37.5. The van der Waals surface area contributed by atoms with Crippen molar-refractivity contribution in [3.05, 3.63) is 431 Å². The number of nitrogens with zero attached hydrogens (tertiary/aromatic N) is 6. The molecule has 3 fully saturated rings. The lowest BCUT2D eigenvalue weighted by atomic mass is 9.76. The maximum absolute atomic E-state index is 6.63. The first-order valence-corrected chi connectivity index (χ1v) is 49.9. The molecule has 0 amide bonds. The highest BCUT2D eigenvalue weighted by Crippen LogP contribution is 2.46. The van der Waals surface area contributed by atoms with Crippen molar-refractivity contribution >= 4 is 113 Å². The molecule has 0 unspecified atom stereocenters. The van der Waals surface area contributed by atoms with Crippen molar-refractivity contribution in [2.45, 2.75) is 117 Å². The van der Waals surface area contributed by atoms with Gasteiger partial charge in [0, 0.05) is 50.1 Å². The predicted octanol–water partition coefficient (Wildman–Crippen LogP) is 30.4. The zero-order chi connectivity index (χ0) is 99.1. The van der Waals surface area contributed by atoms with Gasteiger partial charge in [0.25, 0.3) is 0 Å². The maximum atomic E-state index is 6.63. The summed E-state index contributed by atoms with van der Waals surface area (Å²) in [6, 6.07) is 151. The molecule has 0 saturated carbocycles. The molecule has 0 aliphatic carbocycles. The Morgan fingerprint density at radius 3 is 0.724 bits per heavy atom. The lowest BCUT2D eigenvalue weighted by Crippen LogP contribution is -2.41. The third kappa shape index (κ3) is 18.2. The Bertz CT molecular complexity index is 8480. The first-order valence-electron chi connectivity index (χ1n) is 49.9. The highest BCUT2D eigenvalue weighted by atomic mass is 16.7. The monoisotopic (exact) mass is 1880 g/mol. The number of rotatable bonds is 15. The van der Waals surface area contributed by atoms with Gasteiger partial charge in [-0.15, -0.1) is 0 Å². The van der Waals surface area contributed by atoms with E-state index < -0.39 is 55.0 Å². The smallest absolute Gasteiger partial charge is 0.399 e. The maximum Gasteiger partial charge on any atom is 0.494 e. The summed E-state index contributed by atoms with van der Waals surface area (Å²) < 4.78 is 39.6. The Balaban J connectivity index is 0.000000120. The van der Waals surface area contributed by atoms with Gasteiger partial charge in [0.2, 0.25) is 0 Å². The summed E-state index contributed by atoms with van der Waals surface area (Å²) in [5, 5.41) is 17.2. The van der Waals surface area contributed by atoms with Crippen LogP contribution in [0, 0.1) is 0 Å². The van der Waals surface area contributed by atoms with Crippen LogP contribution >= 0.6 is 0 Å². The Hall–Kier alpha value is -15.8. The van der Waals surface area contributed by atoms with E-state index in [0.717, 1.165) is 134 Å². The standard InChI is InChI=1S/C46H37BN2O2.2C42H35BN2O2/c1-45(2)46(3,4)51-47(50-45)35-26-33(32-23-24-40-38-21-12-11-19-36(38)37-20-13-14-22-39(37)41(40)28-32)25-34(27-35)44-48-42(30-15-7-5-8-16-30)29-43(49-44)31-17-9-6-10-18-31;1-41(2)42(3,4)47-43(46-41)33-24-31(37-26-30-19-11-12-20-34(30)35-21-13-14-22-36(35)37)23-32(25-33)40-44-38(28-15-7-5-8-16-28)27-39(45-40)29-17-9-6-10-18-29;1-41(2)42(3,4)47-43(46-41)35-25-33(31-21-22-37-32(23-31)20-19-28-13-11-12-18-36(28)37)24-34(26-35)40-44-38(29-14-7-5-8-15-29)27-39(45-40)30-16-9-6-10-17-30/h5-29H,1-4H3;2*5-27H,1-4H3. The van der Waals surface area contributed by atoms with Crippen LogP contribution < -0.4 is 16.4 Å². The molecule has 3 aromatic heterocycles. The van der Waals surface area contributed by atoms with Crippen molar-refractivity contribution in [2.75, 3.05) is 0 Å². The van der Waals surface area contributed by atoms with Crippen LogP contribution in [0.5, 0.6) is 0 Å². The lowest BCUT2D eigenvalue weighted by Gasteiger charge is -2.32. The Morgan fingerprint density at radius 1 is 0.152 bits per heavy atom. The molecular formula is C130H107B3N6O6. The van der Waals surface area contributed by atoms with Crippen molar-refractivity contribution in [3.63, 3.8) is 0 Å². The molecule has 22 aromatic rings. The van der Waals surface area contributed by atoms with E-state index in [-0.39, 0.29) is 0 Å². The van der Waals surface area contributed by atoms with Crippen molar-refractivity contribution in [1.82, 2.24) is 29.9 Å². The highest BCUT2D eigenvalue weighted by Gasteiger charge is 2.54. The molecule has 0 spiro atoms. The molecule has 12 nitrogen and oxygen atoms in total. The van der Waals surface area contributed by atoms with Gasteiger partial charge >= 0.3 is 21.4 Å². The van der Waals surface area contributed by atoms with Gasteiger partial charge in [-0.25, -0.2) is 29.9 Å². The molecule has 0 radical (unpaired) electrons. The average Bonchev–Trinajstić information content (AvgIpc) is 1.73. The number of benzene rings is 19. The molecular weight excluding hydrogens is 1770 g/mol. The van der Waals surface area contributed by atoms with E-state index in [0.29, 0.717) is 17.5 Å². The van der Waals surface area contributed by atoms with Crippen LogP contribution in [0.3, 0.4) is 0 Å². The second-order valence-electron chi connectivity index (χ2n) is 41.1. The summed E-state index contributed by atoms with van der Waals surface area (Å²) in [5.41, 5.74) is 20.6. The first-order chi connectivity index (χ1) is 70.2. The summed E-state index contributed by atoms with van der Waals surface area (Å²) >= 11 is 0. The van der Waals surface area contributed by atoms with Crippen LogP contribution in [0.15, 0.2) is 431 Å². The SMILES string of the molecule is CC1(C)OB(c2cc(-c3ccc4c(ccc5ccccc54)c3)cc(-c3nc(-c4ccccc4)cc(-c4ccccc4)n3)c2)OC1(C)C.CC1(C)OB(c2cc(-c3ccc4c5ccccc5c5ccccc5c4c3)cc(-c3nc(-c4ccccc4)cc(-c4ccccc4)n3)c2)OC1(C)C.CC1(C)OB(c2cc(-c3nc(-c4ccccc4)cc(-c4ccccc4)n3)cc(-c3cc4ccccc4c4ccccc34)c2)OC1(C)C. The van der Waals surface area contributed by atoms with E-state index in [4.69, 9.17) is 57.8 Å². The Morgan fingerprint density at radius 2 is 0.379 bits per heavy atom. The van der Waals surface area contributed by atoms with Crippen LogP contribution in [-0.2, 0) is 27.9 Å². The van der Waals surface area contributed by atoms with Crippen LogP contribution in [0.4, 0.5) is 0 Å². The number of aromatic nitrogens is 6. The third-order valence-corrected chi connectivity index (χ3v) is 30.0. The Kier molecular flexibility index (Phi) is 24.0. The van der Waals surface area contributed by atoms with E-state index >= 15 is 0 Å². The van der Waals surface area contributed by atoms with E-state index in [1.165, 1.54) is 75.4 Å². The van der Waals surface area contributed by atoms with E-state index in [1.807, 2.05) is 109 Å². The molecule has 15 heteroatoms. The van der Waals surface area contributed by atoms with Gasteiger partial charge in [-0.1, -0.05) is 376 Å². The summed E-state index contributed by atoms with van der Waals surface area (Å²) in [6.45, 7) is 25.1.